The van der Waals surface area contributed by atoms with Crippen LogP contribution in [0, 0.1) is 0 Å². The van der Waals surface area contributed by atoms with Crippen molar-refractivity contribution in [1.82, 2.24) is 9.97 Å². The van der Waals surface area contributed by atoms with Crippen LogP contribution in [-0.2, 0) is 0 Å². The van der Waals surface area contributed by atoms with Gasteiger partial charge >= 0.3 is 0 Å². The Labute approximate surface area is 157 Å². The highest BCUT2D eigenvalue weighted by molar-refractivity contribution is 6.73. The highest BCUT2D eigenvalue weighted by Gasteiger charge is 2.17. The van der Waals surface area contributed by atoms with Gasteiger partial charge in [-0.15, -0.1) is 0 Å². The minimum atomic E-state index is 0.407. The molecule has 1 radical (unpaired) electrons. The lowest BCUT2D eigenvalue weighted by Crippen LogP contribution is -2.20. The molecule has 0 bridgehead atoms. The number of nitrogens with one attached hydrogen (secondary N) is 1. The zero-order valence-corrected chi connectivity index (χ0v) is 16.0. The summed E-state index contributed by atoms with van der Waals surface area (Å²) in [7, 11) is 2.15. The lowest BCUT2D eigenvalue weighted by molar-refractivity contribution is 0.759. The number of imidazole rings is 1. The average molecular weight is 341 g/mol. The fourth-order valence-electron chi connectivity index (χ4n) is 3.08. The number of benzene rings is 2. The summed E-state index contributed by atoms with van der Waals surface area (Å²) in [5.74, 6) is 0.837. The molecule has 1 aromatic heterocycles. The number of nitrogens with zero attached hydrogens (tertiary/aromatic N) is 1. The third-order valence-corrected chi connectivity index (χ3v) is 4.42. The second kappa shape index (κ2) is 8.22. The van der Waals surface area contributed by atoms with Crippen LogP contribution in [0.15, 0.2) is 60.7 Å². The maximum absolute atomic E-state index is 4.89. The molecule has 0 amide bonds. The van der Waals surface area contributed by atoms with Crippen molar-refractivity contribution in [1.29, 1.82) is 0 Å². The molecule has 0 fully saturated rings. The van der Waals surface area contributed by atoms with Crippen LogP contribution >= 0.6 is 0 Å². The Morgan fingerprint density at radius 1 is 0.885 bits per heavy atom. The number of aromatic amines is 1. The van der Waals surface area contributed by atoms with Gasteiger partial charge in [0, 0.05) is 5.69 Å². The first-order valence-electron chi connectivity index (χ1n) is 9.31. The van der Waals surface area contributed by atoms with Gasteiger partial charge in [0.25, 0.3) is 0 Å². The van der Waals surface area contributed by atoms with Crippen LogP contribution in [0.4, 0.5) is 0 Å². The van der Waals surface area contributed by atoms with E-state index >= 15 is 0 Å². The molecule has 2 nitrogen and oxygen atoms in total. The Kier molecular flexibility index (Phi) is 5.77. The molecule has 0 aliphatic rings. The van der Waals surface area contributed by atoms with Crippen molar-refractivity contribution in [2.24, 2.45) is 0 Å². The predicted molar refractivity (Wildman–Crippen MR) is 113 cm³/mol. The lowest BCUT2D eigenvalue weighted by atomic mass is 9.65. The van der Waals surface area contributed by atoms with E-state index in [2.05, 4.69) is 94.6 Å². The summed E-state index contributed by atoms with van der Waals surface area (Å²) in [6.45, 7) is 8.82. The topological polar surface area (TPSA) is 28.7 Å². The Morgan fingerprint density at radius 3 is 2.04 bits per heavy atom. The van der Waals surface area contributed by atoms with E-state index in [1.807, 2.05) is 12.1 Å². The molecule has 3 heteroatoms. The van der Waals surface area contributed by atoms with Gasteiger partial charge in [-0.05, 0) is 23.0 Å². The lowest BCUT2D eigenvalue weighted by Gasteiger charge is -2.07. The Balaban J connectivity index is 1.99. The van der Waals surface area contributed by atoms with Crippen molar-refractivity contribution in [3.05, 3.63) is 83.2 Å². The van der Waals surface area contributed by atoms with Gasteiger partial charge in [0.05, 0.1) is 11.4 Å². The first-order valence-corrected chi connectivity index (χ1v) is 9.31. The first-order chi connectivity index (χ1) is 12.5. The summed E-state index contributed by atoms with van der Waals surface area (Å²) < 4.78 is 0. The monoisotopic (exact) mass is 341 g/mol. The molecule has 3 aromatic rings. The SMILES string of the molecule is CC(C)c1nc([B]C(=Cc2ccccc2)c2ccccc2)[nH]c1C(C)C. The molecular weight excluding hydrogens is 315 g/mol. The molecule has 0 aliphatic carbocycles. The van der Waals surface area contributed by atoms with Crippen molar-refractivity contribution >= 4 is 24.6 Å². The van der Waals surface area contributed by atoms with E-state index in [0.29, 0.717) is 11.8 Å². The number of hydrogen-bond donors (Lipinski definition) is 1. The van der Waals surface area contributed by atoms with Gasteiger partial charge in [0.1, 0.15) is 0 Å². The molecule has 1 N–H and O–H groups in total. The van der Waals surface area contributed by atoms with E-state index in [0.717, 1.165) is 11.2 Å². The molecule has 0 saturated heterocycles. The smallest absolute Gasteiger partial charge is 0.241 e. The second-order valence-corrected chi connectivity index (χ2v) is 7.25. The Bertz CT molecular complexity index is 836. The van der Waals surface area contributed by atoms with Gasteiger partial charge in [-0.2, -0.15) is 0 Å². The van der Waals surface area contributed by atoms with E-state index in [1.54, 1.807) is 0 Å². The van der Waals surface area contributed by atoms with Crippen LogP contribution in [0.3, 0.4) is 0 Å². The number of aromatic nitrogens is 2. The maximum atomic E-state index is 4.89. The van der Waals surface area contributed by atoms with E-state index in [1.165, 1.54) is 22.5 Å². The second-order valence-electron chi connectivity index (χ2n) is 7.25. The molecule has 1 heterocycles. The first kappa shape index (κ1) is 18.3. The van der Waals surface area contributed by atoms with Gasteiger partial charge < -0.3 is 4.98 Å². The van der Waals surface area contributed by atoms with Crippen LogP contribution in [-0.4, -0.2) is 17.2 Å². The van der Waals surface area contributed by atoms with E-state index in [-0.39, 0.29) is 0 Å². The molecule has 0 saturated carbocycles. The molecule has 0 atom stereocenters. The van der Waals surface area contributed by atoms with E-state index in [4.69, 9.17) is 4.98 Å². The van der Waals surface area contributed by atoms with Gasteiger partial charge in [-0.1, -0.05) is 99.9 Å². The van der Waals surface area contributed by atoms with Crippen LogP contribution in [0.1, 0.15) is 62.0 Å². The molecule has 0 aliphatic heterocycles. The standard InChI is InChI=1S/C23H26BN2/c1-16(2)21-22(17(3)4)26-23(25-21)24-20(19-13-9-6-10-14-19)15-18-11-7-5-8-12-18/h5-17H,1-4H3,(H,25,26). The molecule has 131 valence electrons. The van der Waals surface area contributed by atoms with Crippen LogP contribution in [0.5, 0.6) is 0 Å². The minimum absolute atomic E-state index is 0.407. The molecule has 2 aromatic carbocycles. The zero-order valence-electron chi connectivity index (χ0n) is 16.0. The van der Waals surface area contributed by atoms with Crippen molar-refractivity contribution in [2.45, 2.75) is 39.5 Å². The molecule has 0 unspecified atom stereocenters. The van der Waals surface area contributed by atoms with Gasteiger partial charge in [-0.25, -0.2) is 4.98 Å². The zero-order chi connectivity index (χ0) is 18.5. The fraction of sp³-hybridized carbons (Fsp3) is 0.261. The Hall–Kier alpha value is -2.55. The van der Waals surface area contributed by atoms with Crippen LogP contribution in [0.2, 0.25) is 0 Å². The largest absolute Gasteiger partial charge is 0.354 e. The van der Waals surface area contributed by atoms with Crippen molar-refractivity contribution in [2.75, 3.05) is 0 Å². The minimum Gasteiger partial charge on any atom is -0.354 e. The highest BCUT2D eigenvalue weighted by Crippen LogP contribution is 2.22. The molecule has 3 rings (SSSR count). The highest BCUT2D eigenvalue weighted by atomic mass is 14.9. The molecule has 26 heavy (non-hydrogen) atoms. The third kappa shape index (κ3) is 4.34. The number of rotatable bonds is 6. The van der Waals surface area contributed by atoms with E-state index in [9.17, 15) is 0 Å². The number of H-pyrrole nitrogens is 1. The molecule has 0 spiro atoms. The average Bonchev–Trinajstić information content (AvgIpc) is 3.07. The Morgan fingerprint density at radius 2 is 1.50 bits per heavy atom. The predicted octanol–water partition coefficient (Wildman–Crippen LogP) is 5.18. The van der Waals surface area contributed by atoms with Crippen LogP contribution < -0.4 is 5.72 Å². The summed E-state index contributed by atoms with van der Waals surface area (Å²) in [6, 6.07) is 20.9. The van der Waals surface area contributed by atoms with Gasteiger partial charge in [0.2, 0.25) is 7.28 Å². The fourth-order valence-corrected chi connectivity index (χ4v) is 3.08. The van der Waals surface area contributed by atoms with Gasteiger partial charge in [-0.3, -0.25) is 0 Å². The van der Waals surface area contributed by atoms with Crippen molar-refractivity contribution in [3.8, 4) is 0 Å². The maximum Gasteiger partial charge on any atom is 0.241 e. The molecular formula is C23H26BN2. The quantitative estimate of drug-likeness (QED) is 0.485. The normalized spacial score (nSPS) is 12.0. The number of hydrogen-bond acceptors (Lipinski definition) is 1. The summed E-state index contributed by atoms with van der Waals surface area (Å²) in [5, 5.41) is 0. The van der Waals surface area contributed by atoms with E-state index < -0.39 is 0 Å². The van der Waals surface area contributed by atoms with Crippen molar-refractivity contribution < 1.29 is 0 Å². The van der Waals surface area contributed by atoms with Crippen molar-refractivity contribution in [3.63, 3.8) is 0 Å². The van der Waals surface area contributed by atoms with Crippen LogP contribution in [0.25, 0.3) is 11.5 Å². The van der Waals surface area contributed by atoms with Gasteiger partial charge in [0.15, 0.2) is 0 Å². The summed E-state index contributed by atoms with van der Waals surface area (Å²) in [5.41, 5.74) is 6.84. The summed E-state index contributed by atoms with van der Waals surface area (Å²) in [4.78, 5) is 8.43. The third-order valence-electron chi connectivity index (χ3n) is 4.42. The summed E-state index contributed by atoms with van der Waals surface area (Å²) >= 11 is 0. The summed E-state index contributed by atoms with van der Waals surface area (Å²) in [6.07, 6.45) is 2.21.